The van der Waals surface area contributed by atoms with Crippen molar-refractivity contribution in [3.63, 3.8) is 0 Å². The standard InChI is InChI=1S/C22H17BrN4O2S2/c1-14-6-8-15(9-7-14)27-21(29)17-4-2-3-5-18(17)25-22(27)30-13-20(28)26-24-12-16-10-11-19(23)31-16/h2-12H,13H2,1H3,(H,26,28). The number of aromatic nitrogens is 2. The minimum Gasteiger partial charge on any atom is -0.272 e. The number of fused-ring (bicyclic) bond motifs is 1. The van der Waals surface area contributed by atoms with Crippen LogP contribution in [0.1, 0.15) is 10.4 Å². The molecule has 0 bridgehead atoms. The summed E-state index contributed by atoms with van der Waals surface area (Å²) in [7, 11) is 0. The lowest BCUT2D eigenvalue weighted by Crippen LogP contribution is -2.24. The van der Waals surface area contributed by atoms with Crippen LogP contribution in [-0.2, 0) is 4.79 Å². The highest BCUT2D eigenvalue weighted by Crippen LogP contribution is 2.22. The van der Waals surface area contributed by atoms with Crippen molar-refractivity contribution in [2.75, 3.05) is 5.75 Å². The van der Waals surface area contributed by atoms with Crippen LogP contribution in [0.25, 0.3) is 16.6 Å². The molecule has 9 heteroatoms. The van der Waals surface area contributed by atoms with E-state index in [9.17, 15) is 9.59 Å². The summed E-state index contributed by atoms with van der Waals surface area (Å²) in [6.07, 6.45) is 1.59. The SMILES string of the molecule is Cc1ccc(-n2c(SCC(=O)NN=Cc3ccc(Br)s3)nc3ccccc3c2=O)cc1. The molecule has 2 aromatic carbocycles. The van der Waals surface area contributed by atoms with Crippen molar-refractivity contribution in [3.8, 4) is 5.69 Å². The first-order chi connectivity index (χ1) is 15.0. The minimum atomic E-state index is -0.283. The van der Waals surface area contributed by atoms with Crippen molar-refractivity contribution in [2.45, 2.75) is 12.1 Å². The van der Waals surface area contributed by atoms with Gasteiger partial charge in [-0.2, -0.15) is 5.10 Å². The zero-order chi connectivity index (χ0) is 21.8. The van der Waals surface area contributed by atoms with Gasteiger partial charge >= 0.3 is 0 Å². The molecule has 0 saturated carbocycles. The molecule has 0 radical (unpaired) electrons. The van der Waals surface area contributed by atoms with Gasteiger partial charge in [0.05, 0.1) is 32.3 Å². The molecule has 4 aromatic rings. The average molecular weight is 513 g/mol. The van der Waals surface area contributed by atoms with Crippen LogP contribution in [-0.4, -0.2) is 27.4 Å². The summed E-state index contributed by atoms with van der Waals surface area (Å²) >= 11 is 6.10. The average Bonchev–Trinajstić information content (AvgIpc) is 3.18. The van der Waals surface area contributed by atoms with Gasteiger partial charge in [0.2, 0.25) is 0 Å². The molecule has 0 fully saturated rings. The van der Waals surface area contributed by atoms with Crippen LogP contribution in [0.15, 0.2) is 79.5 Å². The Bertz CT molecular complexity index is 1330. The first kappa shape index (κ1) is 21.5. The van der Waals surface area contributed by atoms with Gasteiger partial charge in [-0.25, -0.2) is 10.4 Å². The fourth-order valence-electron chi connectivity index (χ4n) is 2.86. The van der Waals surface area contributed by atoms with Crippen LogP contribution in [0.5, 0.6) is 0 Å². The fraction of sp³-hybridized carbons (Fsp3) is 0.0909. The summed E-state index contributed by atoms with van der Waals surface area (Å²) in [6, 6.07) is 18.7. The Morgan fingerprint density at radius 3 is 2.71 bits per heavy atom. The third kappa shape index (κ3) is 5.12. The van der Waals surface area contributed by atoms with E-state index >= 15 is 0 Å². The van der Waals surface area contributed by atoms with Crippen LogP contribution in [0, 0.1) is 6.92 Å². The van der Waals surface area contributed by atoms with Crippen LogP contribution >= 0.6 is 39.0 Å². The summed E-state index contributed by atoms with van der Waals surface area (Å²) in [6.45, 7) is 1.99. The molecule has 1 N–H and O–H groups in total. The Hall–Kier alpha value is -2.75. The first-order valence-corrected chi connectivity index (χ1v) is 11.9. The molecule has 0 spiro atoms. The molecule has 0 aliphatic carbocycles. The van der Waals surface area contributed by atoms with Crippen molar-refractivity contribution in [3.05, 3.63) is 85.2 Å². The Kier molecular flexibility index (Phi) is 6.64. The number of rotatable bonds is 6. The maximum absolute atomic E-state index is 13.2. The molecule has 2 aromatic heterocycles. The van der Waals surface area contributed by atoms with E-state index in [2.05, 4.69) is 31.4 Å². The number of aryl methyl sites for hydroxylation is 1. The van der Waals surface area contributed by atoms with E-state index in [4.69, 9.17) is 0 Å². The molecule has 0 unspecified atom stereocenters. The number of amides is 1. The van der Waals surface area contributed by atoms with Crippen molar-refractivity contribution < 1.29 is 4.79 Å². The molecule has 0 saturated heterocycles. The number of nitrogens with one attached hydrogen (secondary N) is 1. The quantitative estimate of drug-likeness (QED) is 0.175. The monoisotopic (exact) mass is 512 g/mol. The molecular formula is C22H17BrN4O2S2. The van der Waals surface area contributed by atoms with Crippen molar-refractivity contribution >= 4 is 62.1 Å². The predicted molar refractivity (Wildman–Crippen MR) is 131 cm³/mol. The number of hydrogen-bond donors (Lipinski definition) is 1. The summed E-state index contributed by atoms with van der Waals surface area (Å²) in [5.74, 6) is -0.211. The predicted octanol–water partition coefficient (Wildman–Crippen LogP) is 4.76. The first-order valence-electron chi connectivity index (χ1n) is 9.30. The third-order valence-electron chi connectivity index (χ3n) is 4.34. The van der Waals surface area contributed by atoms with Gasteiger partial charge in [0.1, 0.15) is 0 Å². The Morgan fingerprint density at radius 1 is 1.19 bits per heavy atom. The highest BCUT2D eigenvalue weighted by molar-refractivity contribution is 9.11. The number of carbonyl (C=O) groups excluding carboxylic acids is 1. The lowest BCUT2D eigenvalue weighted by Gasteiger charge is -2.13. The van der Waals surface area contributed by atoms with Crippen LogP contribution in [0.3, 0.4) is 0 Å². The molecule has 2 heterocycles. The summed E-state index contributed by atoms with van der Waals surface area (Å²) in [4.78, 5) is 31.0. The van der Waals surface area contributed by atoms with Gasteiger partial charge in [-0.15, -0.1) is 11.3 Å². The van der Waals surface area contributed by atoms with Crippen molar-refractivity contribution in [2.24, 2.45) is 5.10 Å². The zero-order valence-corrected chi connectivity index (χ0v) is 19.6. The molecule has 0 aliphatic heterocycles. The largest absolute Gasteiger partial charge is 0.272 e. The highest BCUT2D eigenvalue weighted by Gasteiger charge is 2.14. The molecule has 156 valence electrons. The van der Waals surface area contributed by atoms with Gasteiger partial charge in [0.25, 0.3) is 11.5 Å². The van der Waals surface area contributed by atoms with Gasteiger partial charge in [-0.3, -0.25) is 14.2 Å². The molecule has 4 rings (SSSR count). The van der Waals surface area contributed by atoms with Crippen molar-refractivity contribution in [1.29, 1.82) is 0 Å². The van der Waals surface area contributed by atoms with Gasteiger partial charge < -0.3 is 0 Å². The number of hydrazone groups is 1. The molecule has 31 heavy (non-hydrogen) atoms. The Labute approximate surface area is 195 Å². The number of thiophene rings is 1. The molecule has 6 nitrogen and oxygen atoms in total. The Morgan fingerprint density at radius 2 is 1.97 bits per heavy atom. The molecule has 1 amide bonds. The van der Waals surface area contributed by atoms with Gasteiger partial charge in [0, 0.05) is 4.88 Å². The molecular weight excluding hydrogens is 496 g/mol. The minimum absolute atomic E-state index is 0.0715. The van der Waals surface area contributed by atoms with E-state index in [-0.39, 0.29) is 17.2 Å². The van der Waals surface area contributed by atoms with Crippen molar-refractivity contribution in [1.82, 2.24) is 15.0 Å². The van der Waals surface area contributed by atoms with E-state index in [0.29, 0.717) is 21.7 Å². The Balaban J connectivity index is 1.58. The second-order valence-corrected chi connectivity index (χ2v) is 10.0. The number of thioether (sulfide) groups is 1. The second kappa shape index (κ2) is 9.59. The summed E-state index contributed by atoms with van der Waals surface area (Å²) in [5, 5.41) is 4.97. The summed E-state index contributed by atoms with van der Waals surface area (Å²) in [5.41, 5.74) is 4.74. The van der Waals surface area contributed by atoms with Gasteiger partial charge in [0.15, 0.2) is 5.16 Å². The maximum Gasteiger partial charge on any atom is 0.266 e. The lowest BCUT2D eigenvalue weighted by atomic mass is 10.2. The third-order valence-corrected chi connectivity index (χ3v) is 6.84. The van der Waals surface area contributed by atoms with Gasteiger partial charge in [-0.05, 0) is 59.3 Å². The van der Waals surface area contributed by atoms with Crippen LogP contribution in [0.2, 0.25) is 0 Å². The smallest absolute Gasteiger partial charge is 0.266 e. The van der Waals surface area contributed by atoms with E-state index in [1.54, 1.807) is 22.9 Å². The van der Waals surface area contributed by atoms with E-state index < -0.39 is 0 Å². The fourth-order valence-corrected chi connectivity index (χ4v) is 4.96. The second-order valence-electron chi connectivity index (χ2n) is 6.61. The number of hydrogen-bond acceptors (Lipinski definition) is 6. The number of benzene rings is 2. The van der Waals surface area contributed by atoms with Crippen LogP contribution in [0.4, 0.5) is 0 Å². The zero-order valence-electron chi connectivity index (χ0n) is 16.4. The van der Waals surface area contributed by atoms with E-state index in [0.717, 1.165) is 14.2 Å². The number of carbonyl (C=O) groups is 1. The normalized spacial score (nSPS) is 11.3. The number of halogens is 1. The van der Waals surface area contributed by atoms with Crippen LogP contribution < -0.4 is 11.0 Å². The topological polar surface area (TPSA) is 76.3 Å². The van der Waals surface area contributed by atoms with E-state index in [1.165, 1.54) is 23.1 Å². The van der Waals surface area contributed by atoms with E-state index in [1.807, 2.05) is 55.5 Å². The maximum atomic E-state index is 13.2. The molecule has 0 aliphatic rings. The lowest BCUT2D eigenvalue weighted by molar-refractivity contribution is -0.118. The van der Waals surface area contributed by atoms with Gasteiger partial charge in [-0.1, -0.05) is 41.6 Å². The highest BCUT2D eigenvalue weighted by atomic mass is 79.9. The molecule has 0 atom stereocenters. The number of para-hydroxylation sites is 1. The summed E-state index contributed by atoms with van der Waals surface area (Å²) < 4.78 is 2.54. The number of nitrogens with zero attached hydrogens (tertiary/aromatic N) is 3.